The van der Waals surface area contributed by atoms with Gasteiger partial charge >= 0.3 is 0 Å². The Morgan fingerprint density at radius 3 is 2.50 bits per heavy atom. The Morgan fingerprint density at radius 1 is 0.944 bits per heavy atom. The van der Waals surface area contributed by atoms with Crippen LogP contribution < -0.4 is 0 Å². The lowest BCUT2D eigenvalue weighted by Gasteiger charge is -2.09. The van der Waals surface area contributed by atoms with Crippen molar-refractivity contribution in [3.8, 4) is 0 Å². The largest absolute Gasteiger partial charge is 0.143 e. The maximum absolute atomic E-state index is 3.83. The van der Waals surface area contributed by atoms with E-state index in [0.717, 1.165) is 6.42 Å². The third-order valence-electron chi connectivity index (χ3n) is 3.11. The van der Waals surface area contributed by atoms with Gasteiger partial charge in [-0.2, -0.15) is 0 Å². The molecule has 0 saturated heterocycles. The molecule has 3 rings (SSSR count). The number of fused-ring (bicyclic) bond motifs is 1. The first-order chi connectivity index (χ1) is 8.84. The van der Waals surface area contributed by atoms with Gasteiger partial charge < -0.3 is 0 Å². The molecule has 3 aromatic rings. The molecule has 0 aliphatic rings. The van der Waals surface area contributed by atoms with E-state index < -0.39 is 0 Å². The van der Waals surface area contributed by atoms with Gasteiger partial charge in [-0.25, -0.2) is 0 Å². The fourth-order valence-corrected chi connectivity index (χ4v) is 4.11. The van der Waals surface area contributed by atoms with E-state index >= 15 is 0 Å². The zero-order chi connectivity index (χ0) is 12.4. The van der Waals surface area contributed by atoms with Crippen LogP contribution in [0.5, 0.6) is 0 Å². The van der Waals surface area contributed by atoms with Gasteiger partial charge in [-0.15, -0.1) is 11.3 Å². The maximum atomic E-state index is 3.83. The summed E-state index contributed by atoms with van der Waals surface area (Å²) in [7, 11) is 0. The Kier molecular flexibility index (Phi) is 3.48. The summed E-state index contributed by atoms with van der Waals surface area (Å²) in [6.07, 6.45) is 1.03. The highest BCUT2D eigenvalue weighted by molar-refractivity contribution is 9.09. The van der Waals surface area contributed by atoms with Crippen molar-refractivity contribution in [3.05, 3.63) is 71.1 Å². The predicted molar refractivity (Wildman–Crippen MR) is 83.6 cm³/mol. The molecule has 1 heterocycles. The van der Waals surface area contributed by atoms with Gasteiger partial charge in [-0.1, -0.05) is 64.5 Å². The van der Waals surface area contributed by atoms with Gasteiger partial charge in [0.05, 0.1) is 0 Å². The lowest BCUT2D eigenvalue weighted by Crippen LogP contribution is -1.93. The fourth-order valence-electron chi connectivity index (χ4n) is 2.17. The molecule has 0 saturated carbocycles. The van der Waals surface area contributed by atoms with Crippen LogP contribution in [0.3, 0.4) is 0 Å². The van der Waals surface area contributed by atoms with Crippen LogP contribution in [0.4, 0.5) is 0 Å². The normalized spacial score (nSPS) is 12.7. The molecule has 18 heavy (non-hydrogen) atoms. The zero-order valence-electron chi connectivity index (χ0n) is 9.84. The summed E-state index contributed by atoms with van der Waals surface area (Å²) in [5, 5.41) is 3.65. The number of rotatable bonds is 3. The summed E-state index contributed by atoms with van der Waals surface area (Å²) < 4.78 is 1.37. The maximum Gasteiger partial charge on any atom is 0.0450 e. The van der Waals surface area contributed by atoms with E-state index in [2.05, 4.69) is 75.9 Å². The molecule has 90 valence electrons. The van der Waals surface area contributed by atoms with Crippen molar-refractivity contribution in [1.29, 1.82) is 0 Å². The van der Waals surface area contributed by atoms with Crippen molar-refractivity contribution in [2.24, 2.45) is 0 Å². The summed E-state index contributed by atoms with van der Waals surface area (Å²) in [4.78, 5) is 0.385. The minimum atomic E-state index is 0.385. The second-order valence-electron chi connectivity index (χ2n) is 4.34. The van der Waals surface area contributed by atoms with Crippen molar-refractivity contribution in [2.45, 2.75) is 11.2 Å². The van der Waals surface area contributed by atoms with Gasteiger partial charge in [-0.3, -0.25) is 0 Å². The average Bonchev–Trinajstić information content (AvgIpc) is 2.84. The highest BCUT2D eigenvalue weighted by Gasteiger charge is 2.13. The van der Waals surface area contributed by atoms with Gasteiger partial charge in [0.25, 0.3) is 0 Å². The van der Waals surface area contributed by atoms with Crippen molar-refractivity contribution in [2.75, 3.05) is 0 Å². The van der Waals surface area contributed by atoms with Crippen LogP contribution >= 0.6 is 27.3 Å². The van der Waals surface area contributed by atoms with Gasteiger partial charge in [0.2, 0.25) is 0 Å². The Bertz CT molecular complexity index is 642. The van der Waals surface area contributed by atoms with Crippen molar-refractivity contribution < 1.29 is 0 Å². The first-order valence-electron chi connectivity index (χ1n) is 5.99. The summed E-state index contributed by atoms with van der Waals surface area (Å²) in [5.41, 5.74) is 2.77. The molecule has 2 aromatic carbocycles. The van der Waals surface area contributed by atoms with Crippen LogP contribution in [0.2, 0.25) is 0 Å². The Hall–Kier alpha value is -1.12. The Balaban J connectivity index is 1.90. The molecule has 1 unspecified atom stereocenters. The molecule has 0 spiro atoms. The molecule has 0 nitrogen and oxygen atoms in total. The molecule has 0 aliphatic heterocycles. The zero-order valence-corrected chi connectivity index (χ0v) is 12.2. The van der Waals surface area contributed by atoms with Gasteiger partial charge in [0.1, 0.15) is 0 Å². The standard InChI is InChI=1S/C16H13BrS/c17-15(10-12-6-2-1-3-7-12)14-11-18-16-9-5-4-8-13(14)16/h1-9,11,15H,10H2. The lowest BCUT2D eigenvalue weighted by molar-refractivity contribution is 0.962. The molecule has 1 aromatic heterocycles. The quantitative estimate of drug-likeness (QED) is 0.553. The SMILES string of the molecule is BrC(Cc1ccccc1)c1csc2ccccc12. The van der Waals surface area contributed by atoms with E-state index in [1.165, 1.54) is 21.2 Å². The van der Waals surface area contributed by atoms with Crippen molar-refractivity contribution in [3.63, 3.8) is 0 Å². The smallest absolute Gasteiger partial charge is 0.0450 e. The number of halogens is 1. The fraction of sp³-hybridized carbons (Fsp3) is 0.125. The Labute approximate surface area is 119 Å². The first-order valence-corrected chi connectivity index (χ1v) is 7.78. The monoisotopic (exact) mass is 316 g/mol. The minimum absolute atomic E-state index is 0.385. The summed E-state index contributed by atoms with van der Waals surface area (Å²) >= 11 is 5.65. The number of benzene rings is 2. The van der Waals surface area contributed by atoms with E-state index in [-0.39, 0.29) is 0 Å². The number of thiophene rings is 1. The van der Waals surface area contributed by atoms with E-state index in [4.69, 9.17) is 0 Å². The van der Waals surface area contributed by atoms with Crippen LogP contribution in [0.25, 0.3) is 10.1 Å². The highest BCUT2D eigenvalue weighted by Crippen LogP contribution is 2.36. The molecule has 1 atom stereocenters. The second-order valence-corrected chi connectivity index (χ2v) is 6.36. The van der Waals surface area contributed by atoms with Crippen LogP contribution in [0.1, 0.15) is 16.0 Å². The minimum Gasteiger partial charge on any atom is -0.143 e. The third kappa shape index (κ3) is 2.36. The second kappa shape index (κ2) is 5.25. The molecular formula is C16H13BrS. The van der Waals surface area contributed by atoms with Crippen LogP contribution in [-0.4, -0.2) is 0 Å². The van der Waals surface area contributed by atoms with E-state index in [9.17, 15) is 0 Å². The van der Waals surface area contributed by atoms with E-state index in [1.54, 1.807) is 0 Å². The van der Waals surface area contributed by atoms with E-state index in [1.807, 2.05) is 11.3 Å². The van der Waals surface area contributed by atoms with Crippen LogP contribution in [0.15, 0.2) is 60.0 Å². The lowest BCUT2D eigenvalue weighted by atomic mass is 10.0. The third-order valence-corrected chi connectivity index (χ3v) is 4.90. The molecule has 2 heteroatoms. The molecule has 0 radical (unpaired) electrons. The van der Waals surface area contributed by atoms with Crippen molar-refractivity contribution >= 4 is 37.4 Å². The number of hydrogen-bond donors (Lipinski definition) is 0. The molecule has 0 N–H and O–H groups in total. The molecule has 0 fully saturated rings. The summed E-state index contributed by atoms with van der Waals surface area (Å²) in [5.74, 6) is 0. The highest BCUT2D eigenvalue weighted by atomic mass is 79.9. The average molecular weight is 317 g/mol. The van der Waals surface area contributed by atoms with Gasteiger partial charge in [0.15, 0.2) is 0 Å². The molecular weight excluding hydrogens is 304 g/mol. The number of alkyl halides is 1. The molecule has 0 bridgehead atoms. The summed E-state index contributed by atoms with van der Waals surface area (Å²) in [6.45, 7) is 0. The molecule has 0 aliphatic carbocycles. The van der Waals surface area contributed by atoms with Crippen LogP contribution in [-0.2, 0) is 6.42 Å². The first kappa shape index (κ1) is 11.9. The van der Waals surface area contributed by atoms with Crippen LogP contribution in [0, 0.1) is 0 Å². The summed E-state index contributed by atoms with van der Waals surface area (Å²) in [6, 6.07) is 19.2. The Morgan fingerprint density at radius 2 is 1.67 bits per heavy atom. The van der Waals surface area contributed by atoms with Gasteiger partial charge in [0, 0.05) is 9.53 Å². The molecule has 0 amide bonds. The predicted octanol–water partition coefficient (Wildman–Crippen LogP) is 5.58. The topological polar surface area (TPSA) is 0 Å². The van der Waals surface area contributed by atoms with Gasteiger partial charge in [-0.05, 0) is 34.4 Å². The van der Waals surface area contributed by atoms with Crippen molar-refractivity contribution in [1.82, 2.24) is 0 Å². The van der Waals surface area contributed by atoms with E-state index in [0.29, 0.717) is 4.83 Å². The number of hydrogen-bond acceptors (Lipinski definition) is 1.